The molecule has 0 aliphatic carbocycles. The molecule has 0 aliphatic rings. The zero-order valence-corrected chi connectivity index (χ0v) is 9.70. The molecule has 2 N–H and O–H groups in total. The van der Waals surface area contributed by atoms with Crippen LogP contribution in [0.3, 0.4) is 0 Å². The van der Waals surface area contributed by atoms with Crippen molar-refractivity contribution in [3.05, 3.63) is 29.3 Å². The number of phosphoric ester groups is 1. The molecule has 0 unspecified atom stereocenters. The van der Waals surface area contributed by atoms with Crippen LogP contribution >= 0.6 is 7.82 Å². The minimum atomic E-state index is -4.45. The Kier molecular flexibility index (Phi) is 6.87. The van der Waals surface area contributed by atoms with Crippen LogP contribution in [0, 0.1) is 0 Å². The van der Waals surface area contributed by atoms with Crippen LogP contribution in [-0.2, 0) is 17.4 Å². The molecule has 0 spiro atoms. The molecule has 0 radical (unpaired) electrons. The quantitative estimate of drug-likeness (QED) is 0.633. The van der Waals surface area contributed by atoms with E-state index in [1.807, 2.05) is 26.0 Å². The van der Waals surface area contributed by atoms with E-state index in [1.54, 1.807) is 6.07 Å². The van der Waals surface area contributed by atoms with Crippen LogP contribution in [0.5, 0.6) is 5.75 Å². The van der Waals surface area contributed by atoms with Crippen LogP contribution in [0.2, 0.25) is 0 Å². The van der Waals surface area contributed by atoms with Gasteiger partial charge in [-0.25, -0.2) is 4.57 Å². The van der Waals surface area contributed by atoms with Crippen LogP contribution < -0.4 is 4.52 Å². The van der Waals surface area contributed by atoms with Gasteiger partial charge in [-0.15, -0.1) is 0 Å². The van der Waals surface area contributed by atoms with Crippen LogP contribution in [0.15, 0.2) is 18.2 Å². The van der Waals surface area contributed by atoms with Crippen LogP contribution in [0.25, 0.3) is 0 Å². The Morgan fingerprint density at radius 2 is 1.88 bits per heavy atom. The summed E-state index contributed by atoms with van der Waals surface area (Å²) in [6, 6.07) is 5.33. The minimum absolute atomic E-state index is 0. The molecular weight excluding hydrogens is 238 g/mol. The first-order valence-corrected chi connectivity index (χ1v) is 6.36. The fraction of sp³-hybridized carbons (Fsp3) is 0.400. The van der Waals surface area contributed by atoms with Gasteiger partial charge in [0.25, 0.3) is 0 Å². The molecule has 0 saturated carbocycles. The Hall–Kier alpha value is 0.170. The van der Waals surface area contributed by atoms with Crippen molar-refractivity contribution >= 4 is 37.4 Å². The van der Waals surface area contributed by atoms with E-state index in [1.165, 1.54) is 0 Å². The second-order valence-corrected chi connectivity index (χ2v) is 4.39. The van der Waals surface area contributed by atoms with Crippen LogP contribution in [-0.4, -0.2) is 39.3 Å². The molecule has 0 atom stereocenters. The van der Waals surface area contributed by atoms with Crippen molar-refractivity contribution < 1.29 is 18.9 Å². The summed E-state index contributed by atoms with van der Waals surface area (Å²) >= 11 is 0. The summed E-state index contributed by atoms with van der Waals surface area (Å²) in [6.45, 7) is 3.94. The maximum atomic E-state index is 10.7. The first-order valence-electron chi connectivity index (χ1n) is 4.83. The normalized spacial score (nSPS) is 10.8. The zero-order valence-electron chi connectivity index (χ0n) is 8.80. The van der Waals surface area contributed by atoms with Gasteiger partial charge in [-0.3, -0.25) is 9.79 Å². The molecule has 1 rings (SSSR count). The van der Waals surface area contributed by atoms with Gasteiger partial charge in [0.15, 0.2) is 0 Å². The molecule has 0 amide bonds. The Bertz CT molecular complexity index is 388. The predicted molar refractivity (Wildman–Crippen MR) is 65.0 cm³/mol. The van der Waals surface area contributed by atoms with Crippen molar-refractivity contribution in [1.82, 2.24) is 0 Å². The SMILES string of the molecule is CCc1ccc(OP(=O)(O)O)c(CC)c1.[NaH]. The second kappa shape index (κ2) is 6.80. The molecule has 0 aliphatic heterocycles. The van der Waals surface area contributed by atoms with E-state index in [9.17, 15) is 4.57 Å². The standard InChI is InChI=1S/C10H15O4P.Na.H/c1-3-8-5-6-10(9(4-2)7-8)14-15(11,12)13;;/h5-7H,3-4H2,1-2H3,(H2,11,12,13);;. The topological polar surface area (TPSA) is 66.8 Å². The van der Waals surface area contributed by atoms with E-state index in [0.29, 0.717) is 6.42 Å². The second-order valence-electron chi connectivity index (χ2n) is 3.23. The molecule has 0 bridgehead atoms. The van der Waals surface area contributed by atoms with Gasteiger partial charge in [-0.05, 0) is 30.0 Å². The van der Waals surface area contributed by atoms with Crippen LogP contribution in [0.1, 0.15) is 25.0 Å². The summed E-state index contributed by atoms with van der Waals surface area (Å²) in [7, 11) is -4.45. The van der Waals surface area contributed by atoms with Gasteiger partial charge in [0.2, 0.25) is 0 Å². The molecule has 0 aromatic heterocycles. The number of phosphoric acid groups is 1. The van der Waals surface area contributed by atoms with E-state index in [4.69, 9.17) is 9.79 Å². The van der Waals surface area contributed by atoms with Gasteiger partial charge in [-0.1, -0.05) is 26.0 Å². The summed E-state index contributed by atoms with van der Waals surface area (Å²) in [5.74, 6) is 0.267. The molecule has 1 aromatic carbocycles. The summed E-state index contributed by atoms with van der Waals surface area (Å²) in [5.41, 5.74) is 1.95. The van der Waals surface area contributed by atoms with Gasteiger partial charge in [0.1, 0.15) is 5.75 Å². The van der Waals surface area contributed by atoms with Crippen molar-refractivity contribution in [2.24, 2.45) is 0 Å². The number of aryl methyl sites for hydroxylation is 2. The predicted octanol–water partition coefficient (Wildman–Crippen LogP) is 1.63. The third-order valence-electron chi connectivity index (χ3n) is 2.13. The molecule has 16 heavy (non-hydrogen) atoms. The van der Waals surface area contributed by atoms with E-state index in [0.717, 1.165) is 17.5 Å². The van der Waals surface area contributed by atoms with E-state index >= 15 is 0 Å². The molecule has 6 heteroatoms. The molecule has 0 fully saturated rings. The third kappa shape index (κ3) is 5.00. The number of rotatable bonds is 4. The molecule has 0 heterocycles. The van der Waals surface area contributed by atoms with Crippen molar-refractivity contribution in [3.63, 3.8) is 0 Å². The monoisotopic (exact) mass is 254 g/mol. The summed E-state index contributed by atoms with van der Waals surface area (Å²) in [5, 5.41) is 0. The van der Waals surface area contributed by atoms with Crippen molar-refractivity contribution in [1.29, 1.82) is 0 Å². The van der Waals surface area contributed by atoms with Gasteiger partial charge < -0.3 is 4.52 Å². The number of benzene rings is 1. The summed E-state index contributed by atoms with van der Waals surface area (Å²) < 4.78 is 15.3. The average Bonchev–Trinajstić information content (AvgIpc) is 2.16. The van der Waals surface area contributed by atoms with Crippen molar-refractivity contribution in [2.45, 2.75) is 26.7 Å². The molecule has 0 saturated heterocycles. The number of hydrogen-bond acceptors (Lipinski definition) is 2. The molecular formula is C10H16NaO4P. The Morgan fingerprint density at radius 1 is 1.25 bits per heavy atom. The molecule has 86 valence electrons. The fourth-order valence-corrected chi connectivity index (χ4v) is 1.78. The van der Waals surface area contributed by atoms with Crippen molar-refractivity contribution in [3.8, 4) is 5.75 Å². The van der Waals surface area contributed by atoms with E-state index in [-0.39, 0.29) is 35.3 Å². The first-order chi connectivity index (χ1) is 6.96. The Labute approximate surface area is 118 Å². The van der Waals surface area contributed by atoms with Gasteiger partial charge >= 0.3 is 37.4 Å². The van der Waals surface area contributed by atoms with Gasteiger partial charge in [0.05, 0.1) is 0 Å². The molecule has 4 nitrogen and oxygen atoms in total. The van der Waals surface area contributed by atoms with Crippen LogP contribution in [0.4, 0.5) is 0 Å². The fourth-order valence-electron chi connectivity index (χ4n) is 1.35. The Balaban J connectivity index is 0.00000225. The molecule has 1 aromatic rings. The summed E-state index contributed by atoms with van der Waals surface area (Å²) in [6.07, 6.45) is 1.58. The van der Waals surface area contributed by atoms with Crippen molar-refractivity contribution in [2.75, 3.05) is 0 Å². The third-order valence-corrected chi connectivity index (χ3v) is 2.57. The van der Waals surface area contributed by atoms with E-state index < -0.39 is 7.82 Å². The zero-order chi connectivity index (χ0) is 11.5. The maximum absolute atomic E-state index is 10.7. The van der Waals surface area contributed by atoms with Gasteiger partial charge in [-0.2, -0.15) is 0 Å². The van der Waals surface area contributed by atoms with E-state index in [2.05, 4.69) is 4.52 Å². The number of hydrogen-bond donors (Lipinski definition) is 2. The Morgan fingerprint density at radius 3 is 2.31 bits per heavy atom. The first kappa shape index (κ1) is 16.2. The summed E-state index contributed by atoms with van der Waals surface area (Å²) in [4.78, 5) is 17.4. The average molecular weight is 254 g/mol. The van der Waals surface area contributed by atoms with Gasteiger partial charge in [0, 0.05) is 0 Å².